The number of morpholine rings is 1. The van der Waals surface area contributed by atoms with Crippen molar-refractivity contribution in [2.75, 3.05) is 39.5 Å². The molecule has 7 heteroatoms. The number of hydrazone groups is 1. The summed E-state index contributed by atoms with van der Waals surface area (Å²) in [4.78, 5) is 25.7. The summed E-state index contributed by atoms with van der Waals surface area (Å²) in [6.45, 7) is 5.30. The van der Waals surface area contributed by atoms with Crippen LogP contribution in [-0.4, -0.2) is 61.9 Å². The molecule has 1 saturated carbocycles. The minimum atomic E-state index is -0.298. The van der Waals surface area contributed by atoms with E-state index in [1.54, 1.807) is 6.92 Å². The lowest BCUT2D eigenvalue weighted by atomic mass is 10.1. The Bertz CT molecular complexity index is 405. The molecule has 1 amide bonds. The SMILES string of the molecule is CCOC(=O)[C@@H]1CCC/C1=N/NC(=O)CN1CCOCC1. The first-order chi connectivity index (χ1) is 10.2. The molecule has 118 valence electrons. The molecule has 21 heavy (non-hydrogen) atoms. The number of rotatable bonds is 5. The van der Waals surface area contributed by atoms with E-state index in [9.17, 15) is 9.59 Å². The van der Waals surface area contributed by atoms with Gasteiger partial charge in [0, 0.05) is 13.1 Å². The summed E-state index contributed by atoms with van der Waals surface area (Å²) in [6.07, 6.45) is 2.39. The maximum Gasteiger partial charge on any atom is 0.314 e. The number of hydrogen-bond donors (Lipinski definition) is 1. The van der Waals surface area contributed by atoms with Gasteiger partial charge in [0.2, 0.25) is 0 Å². The monoisotopic (exact) mass is 297 g/mol. The van der Waals surface area contributed by atoms with E-state index in [0.717, 1.165) is 38.1 Å². The van der Waals surface area contributed by atoms with Gasteiger partial charge in [-0.15, -0.1) is 0 Å². The van der Waals surface area contributed by atoms with Crippen LogP contribution in [0, 0.1) is 5.92 Å². The number of esters is 1. The van der Waals surface area contributed by atoms with Crippen LogP contribution in [-0.2, 0) is 19.1 Å². The average Bonchev–Trinajstić information content (AvgIpc) is 2.95. The maximum absolute atomic E-state index is 11.9. The van der Waals surface area contributed by atoms with Gasteiger partial charge in [0.15, 0.2) is 0 Å². The van der Waals surface area contributed by atoms with Gasteiger partial charge >= 0.3 is 5.97 Å². The summed E-state index contributed by atoms with van der Waals surface area (Å²) < 4.78 is 10.3. The first kappa shape index (κ1) is 15.9. The Balaban J connectivity index is 1.81. The van der Waals surface area contributed by atoms with Crippen molar-refractivity contribution in [1.29, 1.82) is 0 Å². The zero-order valence-corrected chi connectivity index (χ0v) is 12.5. The van der Waals surface area contributed by atoms with Crippen LogP contribution in [0.2, 0.25) is 0 Å². The van der Waals surface area contributed by atoms with Crippen molar-refractivity contribution in [2.45, 2.75) is 26.2 Å². The Morgan fingerprint density at radius 2 is 2.19 bits per heavy atom. The second-order valence-electron chi connectivity index (χ2n) is 5.22. The third-order valence-corrected chi connectivity index (χ3v) is 3.69. The lowest BCUT2D eigenvalue weighted by Gasteiger charge is -2.25. The topological polar surface area (TPSA) is 80.2 Å². The predicted octanol–water partition coefficient (Wildman–Crippen LogP) is 0.154. The molecule has 1 saturated heterocycles. The Kier molecular flexibility index (Phi) is 6.13. The average molecular weight is 297 g/mol. The third kappa shape index (κ3) is 4.78. The molecule has 0 aromatic heterocycles. The fourth-order valence-corrected chi connectivity index (χ4v) is 2.59. The number of hydrogen-bond acceptors (Lipinski definition) is 6. The van der Waals surface area contributed by atoms with Crippen LogP contribution >= 0.6 is 0 Å². The van der Waals surface area contributed by atoms with Gasteiger partial charge in [-0.2, -0.15) is 5.10 Å². The number of amides is 1. The minimum Gasteiger partial charge on any atom is -0.465 e. The van der Waals surface area contributed by atoms with E-state index in [2.05, 4.69) is 10.5 Å². The quantitative estimate of drug-likeness (QED) is 0.577. The fraction of sp³-hybridized carbons (Fsp3) is 0.786. The molecule has 0 bridgehead atoms. The number of carbonyl (C=O) groups excluding carboxylic acids is 2. The summed E-state index contributed by atoms with van der Waals surface area (Å²) >= 11 is 0. The Labute approximate surface area is 124 Å². The van der Waals surface area contributed by atoms with E-state index in [1.807, 2.05) is 4.90 Å². The van der Waals surface area contributed by atoms with Crippen LogP contribution < -0.4 is 5.43 Å². The van der Waals surface area contributed by atoms with Gasteiger partial charge in [-0.3, -0.25) is 14.5 Å². The largest absolute Gasteiger partial charge is 0.465 e. The molecule has 1 heterocycles. The second-order valence-corrected chi connectivity index (χ2v) is 5.22. The molecule has 2 rings (SSSR count). The summed E-state index contributed by atoms with van der Waals surface area (Å²) in [5.74, 6) is -0.691. The Hall–Kier alpha value is -1.47. The molecular formula is C14H23N3O4. The molecule has 0 aromatic carbocycles. The van der Waals surface area contributed by atoms with E-state index < -0.39 is 0 Å². The molecule has 7 nitrogen and oxygen atoms in total. The highest BCUT2D eigenvalue weighted by atomic mass is 16.5. The van der Waals surface area contributed by atoms with Crippen LogP contribution in [0.25, 0.3) is 0 Å². The van der Waals surface area contributed by atoms with Crippen LogP contribution in [0.5, 0.6) is 0 Å². The molecule has 0 radical (unpaired) electrons. The Morgan fingerprint density at radius 1 is 1.43 bits per heavy atom. The first-order valence-corrected chi connectivity index (χ1v) is 7.52. The molecule has 1 aliphatic heterocycles. The maximum atomic E-state index is 11.9. The van der Waals surface area contributed by atoms with E-state index in [0.29, 0.717) is 26.4 Å². The lowest BCUT2D eigenvalue weighted by Crippen LogP contribution is -2.42. The Morgan fingerprint density at radius 3 is 2.90 bits per heavy atom. The molecule has 1 atom stereocenters. The molecule has 0 aromatic rings. The zero-order valence-electron chi connectivity index (χ0n) is 12.5. The molecule has 1 aliphatic carbocycles. The van der Waals surface area contributed by atoms with Crippen molar-refractivity contribution in [3.63, 3.8) is 0 Å². The number of carbonyl (C=O) groups is 2. The highest BCUT2D eigenvalue weighted by Gasteiger charge is 2.30. The smallest absolute Gasteiger partial charge is 0.314 e. The molecule has 1 N–H and O–H groups in total. The highest BCUT2D eigenvalue weighted by molar-refractivity contribution is 6.03. The fourth-order valence-electron chi connectivity index (χ4n) is 2.59. The molecule has 2 aliphatic rings. The summed E-state index contributed by atoms with van der Waals surface area (Å²) in [7, 11) is 0. The number of ether oxygens (including phenoxy) is 2. The van der Waals surface area contributed by atoms with Gasteiger partial charge in [0.25, 0.3) is 5.91 Å². The van der Waals surface area contributed by atoms with Crippen LogP contribution in [0.15, 0.2) is 5.10 Å². The first-order valence-electron chi connectivity index (χ1n) is 7.52. The normalized spacial score (nSPS) is 25.0. The number of nitrogens with one attached hydrogen (secondary N) is 1. The van der Waals surface area contributed by atoms with Gasteiger partial charge in [0.05, 0.1) is 38.0 Å². The van der Waals surface area contributed by atoms with Gasteiger partial charge in [-0.05, 0) is 26.2 Å². The van der Waals surface area contributed by atoms with Gasteiger partial charge in [-0.25, -0.2) is 5.43 Å². The van der Waals surface area contributed by atoms with Gasteiger partial charge < -0.3 is 9.47 Å². The molecular weight excluding hydrogens is 274 g/mol. The van der Waals surface area contributed by atoms with Crippen molar-refractivity contribution in [1.82, 2.24) is 10.3 Å². The molecule has 2 fully saturated rings. The van der Waals surface area contributed by atoms with Crippen molar-refractivity contribution in [2.24, 2.45) is 11.0 Å². The summed E-state index contributed by atoms with van der Waals surface area (Å²) in [5, 5.41) is 4.13. The van der Waals surface area contributed by atoms with Crippen LogP contribution in [0.3, 0.4) is 0 Å². The van der Waals surface area contributed by atoms with Crippen molar-refractivity contribution in [3.05, 3.63) is 0 Å². The molecule has 0 spiro atoms. The van der Waals surface area contributed by atoms with E-state index >= 15 is 0 Å². The van der Waals surface area contributed by atoms with Crippen molar-refractivity contribution >= 4 is 17.6 Å². The highest BCUT2D eigenvalue weighted by Crippen LogP contribution is 2.23. The minimum absolute atomic E-state index is 0.154. The summed E-state index contributed by atoms with van der Waals surface area (Å²) in [6, 6.07) is 0. The van der Waals surface area contributed by atoms with Crippen molar-refractivity contribution in [3.8, 4) is 0 Å². The van der Waals surface area contributed by atoms with E-state index in [4.69, 9.17) is 9.47 Å². The van der Waals surface area contributed by atoms with Crippen molar-refractivity contribution < 1.29 is 19.1 Å². The summed E-state index contributed by atoms with van der Waals surface area (Å²) in [5.41, 5.74) is 3.28. The standard InChI is InChI=1S/C14H23N3O4/c1-2-21-14(19)11-4-3-5-12(11)15-16-13(18)10-17-6-8-20-9-7-17/h11H,2-10H2,1H3,(H,16,18)/b15-12-/t11-/m1/s1. The lowest BCUT2D eigenvalue weighted by molar-refractivity contribution is -0.145. The second kappa shape index (κ2) is 8.09. The van der Waals surface area contributed by atoms with Gasteiger partial charge in [-0.1, -0.05) is 0 Å². The van der Waals surface area contributed by atoms with E-state index in [-0.39, 0.29) is 17.8 Å². The predicted molar refractivity (Wildman–Crippen MR) is 76.8 cm³/mol. The number of nitrogens with zero attached hydrogens (tertiary/aromatic N) is 2. The molecule has 0 unspecified atom stereocenters. The van der Waals surface area contributed by atoms with Crippen LogP contribution in [0.1, 0.15) is 26.2 Å². The zero-order chi connectivity index (χ0) is 15.1. The van der Waals surface area contributed by atoms with Crippen LogP contribution in [0.4, 0.5) is 0 Å². The van der Waals surface area contributed by atoms with Gasteiger partial charge in [0.1, 0.15) is 0 Å². The van der Waals surface area contributed by atoms with E-state index in [1.165, 1.54) is 0 Å². The third-order valence-electron chi connectivity index (χ3n) is 3.69.